The van der Waals surface area contributed by atoms with Gasteiger partial charge in [0, 0.05) is 56.4 Å². The van der Waals surface area contributed by atoms with Gasteiger partial charge in [0.25, 0.3) is 0 Å². The Bertz CT molecular complexity index is 1360. The van der Waals surface area contributed by atoms with E-state index in [9.17, 15) is 4.79 Å². The SMILES string of the molecule is COc1ccc(-c2nnc3ccc(N4CCC(C(=O)N5CCN(c6ccccc6)CC5)CC4)nn23)cc1. The second-order valence-corrected chi connectivity index (χ2v) is 9.62. The highest BCUT2D eigenvalue weighted by Gasteiger charge is 2.31. The summed E-state index contributed by atoms with van der Waals surface area (Å²) in [6.45, 7) is 4.95. The highest BCUT2D eigenvalue weighted by Crippen LogP contribution is 2.26. The third-order valence-corrected chi connectivity index (χ3v) is 7.48. The van der Waals surface area contributed by atoms with Crippen LogP contribution in [0.4, 0.5) is 11.5 Å². The highest BCUT2D eigenvalue weighted by atomic mass is 16.5. The Kier molecular flexibility index (Phi) is 6.34. The second-order valence-electron chi connectivity index (χ2n) is 9.62. The van der Waals surface area contributed by atoms with Crippen molar-refractivity contribution >= 4 is 23.1 Å². The van der Waals surface area contributed by atoms with E-state index in [0.29, 0.717) is 17.4 Å². The predicted molar refractivity (Wildman–Crippen MR) is 143 cm³/mol. The maximum absolute atomic E-state index is 13.3. The molecule has 2 aliphatic rings. The number of fused-ring (bicyclic) bond motifs is 1. The molecule has 0 atom stereocenters. The molecular formula is C28H31N7O2. The van der Waals surface area contributed by atoms with Gasteiger partial charge in [-0.25, -0.2) is 0 Å². The van der Waals surface area contributed by atoms with E-state index >= 15 is 0 Å². The van der Waals surface area contributed by atoms with Crippen molar-refractivity contribution in [1.29, 1.82) is 0 Å². The number of hydrogen-bond donors (Lipinski definition) is 0. The van der Waals surface area contributed by atoms with Crippen LogP contribution < -0.4 is 14.5 Å². The van der Waals surface area contributed by atoms with Crippen molar-refractivity contribution in [2.45, 2.75) is 12.8 Å². The third-order valence-electron chi connectivity index (χ3n) is 7.48. The molecule has 2 fully saturated rings. The maximum Gasteiger partial charge on any atom is 0.225 e. The van der Waals surface area contributed by atoms with E-state index in [4.69, 9.17) is 9.84 Å². The topological polar surface area (TPSA) is 79.1 Å². The molecular weight excluding hydrogens is 466 g/mol. The van der Waals surface area contributed by atoms with Gasteiger partial charge in [0.1, 0.15) is 11.6 Å². The molecule has 0 saturated carbocycles. The molecule has 4 heterocycles. The van der Waals surface area contributed by atoms with Crippen molar-refractivity contribution in [2.75, 3.05) is 56.2 Å². The smallest absolute Gasteiger partial charge is 0.225 e. The van der Waals surface area contributed by atoms with Crippen LogP contribution in [0, 0.1) is 5.92 Å². The fourth-order valence-electron chi connectivity index (χ4n) is 5.31. The number of nitrogens with zero attached hydrogens (tertiary/aromatic N) is 7. The molecule has 9 nitrogen and oxygen atoms in total. The number of piperazine rings is 1. The molecule has 2 aromatic heterocycles. The number of carbonyl (C=O) groups excluding carboxylic acids is 1. The molecule has 0 unspecified atom stereocenters. The van der Waals surface area contributed by atoms with Gasteiger partial charge in [-0.3, -0.25) is 4.79 Å². The molecule has 0 aliphatic carbocycles. The van der Waals surface area contributed by atoms with Crippen LogP contribution in [-0.2, 0) is 4.79 Å². The summed E-state index contributed by atoms with van der Waals surface area (Å²) >= 11 is 0. The van der Waals surface area contributed by atoms with Crippen LogP contribution in [-0.4, -0.2) is 77.0 Å². The van der Waals surface area contributed by atoms with Gasteiger partial charge in [0.05, 0.1) is 7.11 Å². The lowest BCUT2D eigenvalue weighted by Gasteiger charge is -2.39. The minimum absolute atomic E-state index is 0.0769. The zero-order chi connectivity index (χ0) is 25.2. The number of carbonyl (C=O) groups is 1. The molecule has 0 N–H and O–H groups in total. The first-order chi connectivity index (χ1) is 18.2. The number of amides is 1. The van der Waals surface area contributed by atoms with E-state index in [2.05, 4.69) is 49.2 Å². The van der Waals surface area contributed by atoms with Crippen molar-refractivity contribution in [3.8, 4) is 17.1 Å². The number of para-hydroxylation sites is 1. The minimum Gasteiger partial charge on any atom is -0.497 e. The summed E-state index contributed by atoms with van der Waals surface area (Å²) in [6.07, 6.45) is 1.68. The molecule has 2 saturated heterocycles. The van der Waals surface area contributed by atoms with E-state index in [1.165, 1.54) is 5.69 Å². The van der Waals surface area contributed by atoms with Crippen LogP contribution in [0.25, 0.3) is 17.0 Å². The summed E-state index contributed by atoms with van der Waals surface area (Å²) in [6, 6.07) is 22.1. The number of aromatic nitrogens is 4. The van der Waals surface area contributed by atoms with Gasteiger partial charge in [0.15, 0.2) is 11.5 Å². The van der Waals surface area contributed by atoms with E-state index in [0.717, 1.165) is 69.2 Å². The van der Waals surface area contributed by atoms with Crippen molar-refractivity contribution in [3.63, 3.8) is 0 Å². The average Bonchev–Trinajstić information content (AvgIpc) is 3.41. The maximum atomic E-state index is 13.3. The van der Waals surface area contributed by atoms with Gasteiger partial charge in [-0.05, 0) is 61.4 Å². The summed E-state index contributed by atoms with van der Waals surface area (Å²) in [5.41, 5.74) is 2.86. The van der Waals surface area contributed by atoms with Gasteiger partial charge in [-0.15, -0.1) is 15.3 Å². The lowest BCUT2D eigenvalue weighted by Crippen LogP contribution is -2.51. The summed E-state index contributed by atoms with van der Waals surface area (Å²) in [5, 5.41) is 13.5. The van der Waals surface area contributed by atoms with Crippen LogP contribution in [0.15, 0.2) is 66.7 Å². The number of ether oxygens (including phenoxy) is 1. The lowest BCUT2D eigenvalue weighted by molar-refractivity contribution is -0.136. The minimum atomic E-state index is 0.0769. The number of hydrogen-bond acceptors (Lipinski definition) is 7. The zero-order valence-corrected chi connectivity index (χ0v) is 21.0. The molecule has 2 aliphatic heterocycles. The Morgan fingerprint density at radius 1 is 0.811 bits per heavy atom. The van der Waals surface area contributed by atoms with E-state index in [1.807, 2.05) is 42.5 Å². The molecule has 0 bridgehead atoms. The fourth-order valence-corrected chi connectivity index (χ4v) is 5.31. The molecule has 2 aromatic carbocycles. The lowest BCUT2D eigenvalue weighted by atomic mass is 9.95. The number of rotatable bonds is 5. The Morgan fingerprint density at radius 3 is 2.24 bits per heavy atom. The van der Waals surface area contributed by atoms with Gasteiger partial charge in [-0.1, -0.05) is 18.2 Å². The summed E-state index contributed by atoms with van der Waals surface area (Å²) in [4.78, 5) is 19.9. The second kappa shape index (κ2) is 10.1. The Morgan fingerprint density at radius 2 is 1.54 bits per heavy atom. The zero-order valence-electron chi connectivity index (χ0n) is 21.0. The van der Waals surface area contributed by atoms with Crippen LogP contribution >= 0.6 is 0 Å². The van der Waals surface area contributed by atoms with E-state index in [-0.39, 0.29) is 5.92 Å². The summed E-state index contributed by atoms with van der Waals surface area (Å²) in [7, 11) is 1.65. The van der Waals surface area contributed by atoms with Gasteiger partial charge >= 0.3 is 0 Å². The number of piperidine rings is 1. The van der Waals surface area contributed by atoms with Crippen LogP contribution in [0.5, 0.6) is 5.75 Å². The van der Waals surface area contributed by atoms with Crippen LogP contribution in [0.1, 0.15) is 12.8 Å². The van der Waals surface area contributed by atoms with Crippen LogP contribution in [0.3, 0.4) is 0 Å². The summed E-state index contributed by atoms with van der Waals surface area (Å²) in [5.74, 6) is 2.75. The molecule has 0 spiro atoms. The van der Waals surface area contributed by atoms with E-state index < -0.39 is 0 Å². The first-order valence-corrected chi connectivity index (χ1v) is 12.9. The van der Waals surface area contributed by atoms with Gasteiger partial charge < -0.3 is 19.4 Å². The highest BCUT2D eigenvalue weighted by molar-refractivity contribution is 5.79. The van der Waals surface area contributed by atoms with Gasteiger partial charge in [0.2, 0.25) is 5.91 Å². The third kappa shape index (κ3) is 4.69. The van der Waals surface area contributed by atoms with Gasteiger partial charge in [-0.2, -0.15) is 4.52 Å². The standard InChI is InChI=1S/C28H31N7O2/c1-37-24-9-7-21(8-10-24)27-30-29-25-11-12-26(31-35(25)27)33-15-13-22(14-16-33)28(36)34-19-17-32(18-20-34)23-5-3-2-4-6-23/h2-12,22H,13-20H2,1H3. The first kappa shape index (κ1) is 23.3. The molecule has 9 heteroatoms. The summed E-state index contributed by atoms with van der Waals surface area (Å²) < 4.78 is 7.06. The molecule has 190 valence electrons. The normalized spacial score (nSPS) is 16.8. The Balaban J connectivity index is 1.08. The Labute approximate surface area is 216 Å². The van der Waals surface area contributed by atoms with Crippen LogP contribution in [0.2, 0.25) is 0 Å². The Hall–Kier alpha value is -4.14. The molecule has 6 rings (SSSR count). The molecule has 4 aromatic rings. The predicted octanol–water partition coefficient (Wildman–Crippen LogP) is 3.37. The molecule has 1 amide bonds. The van der Waals surface area contributed by atoms with Crippen molar-refractivity contribution in [3.05, 3.63) is 66.7 Å². The van der Waals surface area contributed by atoms with Crippen molar-refractivity contribution in [2.24, 2.45) is 5.92 Å². The number of anilines is 2. The monoisotopic (exact) mass is 497 g/mol. The number of methoxy groups -OCH3 is 1. The molecule has 37 heavy (non-hydrogen) atoms. The fraction of sp³-hybridized carbons (Fsp3) is 0.357. The van der Waals surface area contributed by atoms with Crippen molar-refractivity contribution in [1.82, 2.24) is 24.7 Å². The van der Waals surface area contributed by atoms with E-state index in [1.54, 1.807) is 11.6 Å². The first-order valence-electron chi connectivity index (χ1n) is 12.9. The van der Waals surface area contributed by atoms with Crippen molar-refractivity contribution < 1.29 is 9.53 Å². The average molecular weight is 498 g/mol. The largest absolute Gasteiger partial charge is 0.497 e. The quantitative estimate of drug-likeness (QED) is 0.418. The number of benzene rings is 2. The molecule has 0 radical (unpaired) electrons.